The highest BCUT2D eigenvalue weighted by molar-refractivity contribution is 5.51. The molecule has 1 atom stereocenters. The molecule has 1 fully saturated rings. The molecule has 0 aromatic carbocycles. The summed E-state index contributed by atoms with van der Waals surface area (Å²) in [6.45, 7) is 11.7. The molecule has 0 spiro atoms. The molecular weight excluding hydrogens is 416 g/mol. The van der Waals surface area contributed by atoms with Gasteiger partial charge in [0.25, 0.3) is 5.56 Å². The smallest absolute Gasteiger partial charge is 0.274 e. The molecule has 182 valence electrons. The molecule has 0 saturated heterocycles. The topological polar surface area (TPSA) is 99.4 Å². The molecule has 1 aliphatic rings. The summed E-state index contributed by atoms with van der Waals surface area (Å²) in [7, 11) is 0. The van der Waals surface area contributed by atoms with E-state index < -0.39 is 11.2 Å². The standard InChI is InChI=1S/C26H40N4O3/c1-17(2)28-21-8-7-13-27-23(21)26(6,33)15-19-14-22(29-18(3)4)24(31)30(16-19)20-9-11-25(5,32)12-10-20/h7-8,13-14,16-18,20,28-29,32-33H,9-12,15H2,1-6H3/t20-,25+,26?. The summed E-state index contributed by atoms with van der Waals surface area (Å²) in [4.78, 5) is 17.8. The quantitative estimate of drug-likeness (QED) is 0.475. The third-order valence-corrected chi connectivity index (χ3v) is 6.28. The second kappa shape index (κ2) is 9.85. The van der Waals surface area contributed by atoms with E-state index in [1.807, 2.05) is 59.0 Å². The van der Waals surface area contributed by atoms with Crippen LogP contribution in [0.3, 0.4) is 0 Å². The largest absolute Gasteiger partial charge is 0.390 e. The molecule has 2 aromatic rings. The van der Waals surface area contributed by atoms with E-state index in [2.05, 4.69) is 15.6 Å². The Morgan fingerprint density at radius 3 is 2.39 bits per heavy atom. The van der Waals surface area contributed by atoms with Gasteiger partial charge < -0.3 is 25.4 Å². The number of nitrogens with zero attached hydrogens (tertiary/aromatic N) is 2. The first-order chi connectivity index (χ1) is 15.4. The van der Waals surface area contributed by atoms with Gasteiger partial charge in [0, 0.05) is 36.9 Å². The van der Waals surface area contributed by atoms with Crippen LogP contribution in [0.2, 0.25) is 0 Å². The Kier molecular flexibility index (Phi) is 7.54. The van der Waals surface area contributed by atoms with Gasteiger partial charge in [0.1, 0.15) is 11.3 Å². The van der Waals surface area contributed by atoms with Crippen molar-refractivity contribution in [1.29, 1.82) is 0 Å². The summed E-state index contributed by atoms with van der Waals surface area (Å²) >= 11 is 0. The average Bonchev–Trinajstić information content (AvgIpc) is 2.70. The number of rotatable bonds is 8. The SMILES string of the molecule is CC(C)Nc1cccnc1C(C)(O)Cc1cc(NC(C)C)c(=O)n([C@H]2CC[C@@](C)(O)CC2)c1. The van der Waals surface area contributed by atoms with Crippen molar-refractivity contribution in [3.05, 3.63) is 52.2 Å². The molecule has 2 aromatic heterocycles. The number of hydrogen-bond acceptors (Lipinski definition) is 6. The Morgan fingerprint density at radius 1 is 1.18 bits per heavy atom. The fourth-order valence-electron chi connectivity index (χ4n) is 4.69. The zero-order valence-electron chi connectivity index (χ0n) is 20.9. The Balaban J connectivity index is 1.98. The van der Waals surface area contributed by atoms with Crippen molar-refractivity contribution in [2.24, 2.45) is 0 Å². The van der Waals surface area contributed by atoms with E-state index >= 15 is 0 Å². The minimum Gasteiger partial charge on any atom is -0.390 e. The van der Waals surface area contributed by atoms with Crippen LogP contribution in [0.1, 0.15) is 84.5 Å². The van der Waals surface area contributed by atoms with Gasteiger partial charge in [-0.25, -0.2) is 0 Å². The van der Waals surface area contributed by atoms with Crippen molar-refractivity contribution >= 4 is 11.4 Å². The molecule has 0 bridgehead atoms. The van der Waals surface area contributed by atoms with E-state index in [0.717, 1.165) is 24.1 Å². The first-order valence-corrected chi connectivity index (χ1v) is 12.1. The number of anilines is 2. The molecule has 4 N–H and O–H groups in total. The van der Waals surface area contributed by atoms with Gasteiger partial charge in [-0.15, -0.1) is 0 Å². The molecule has 1 aliphatic carbocycles. The van der Waals surface area contributed by atoms with E-state index in [4.69, 9.17) is 0 Å². The number of nitrogens with one attached hydrogen (secondary N) is 2. The molecule has 33 heavy (non-hydrogen) atoms. The monoisotopic (exact) mass is 456 g/mol. The van der Waals surface area contributed by atoms with Gasteiger partial charge in [-0.3, -0.25) is 9.78 Å². The lowest BCUT2D eigenvalue weighted by molar-refractivity contribution is 0.00949. The van der Waals surface area contributed by atoms with Crippen LogP contribution < -0.4 is 16.2 Å². The summed E-state index contributed by atoms with van der Waals surface area (Å²) in [6.07, 6.45) is 6.71. The van der Waals surface area contributed by atoms with Crippen LogP contribution in [0.15, 0.2) is 35.4 Å². The zero-order chi connectivity index (χ0) is 24.4. The number of aromatic nitrogens is 2. The van der Waals surface area contributed by atoms with Gasteiger partial charge in [-0.1, -0.05) is 0 Å². The maximum Gasteiger partial charge on any atom is 0.274 e. The summed E-state index contributed by atoms with van der Waals surface area (Å²) in [5.74, 6) is 0. The minimum atomic E-state index is -1.23. The summed E-state index contributed by atoms with van der Waals surface area (Å²) < 4.78 is 1.80. The molecule has 0 radical (unpaired) electrons. The third kappa shape index (κ3) is 6.36. The number of pyridine rings is 2. The highest BCUT2D eigenvalue weighted by Crippen LogP contribution is 2.35. The van der Waals surface area contributed by atoms with Crippen LogP contribution in [0.4, 0.5) is 11.4 Å². The van der Waals surface area contributed by atoms with Crippen LogP contribution in [0.25, 0.3) is 0 Å². The lowest BCUT2D eigenvalue weighted by atomic mass is 9.83. The fraction of sp³-hybridized carbons (Fsp3) is 0.615. The van der Waals surface area contributed by atoms with Crippen molar-refractivity contribution < 1.29 is 10.2 Å². The highest BCUT2D eigenvalue weighted by atomic mass is 16.3. The number of hydrogen-bond donors (Lipinski definition) is 4. The van der Waals surface area contributed by atoms with Crippen LogP contribution in [0.5, 0.6) is 0 Å². The van der Waals surface area contributed by atoms with Crippen LogP contribution >= 0.6 is 0 Å². The Labute approximate surface area is 197 Å². The van der Waals surface area contributed by atoms with Crippen molar-refractivity contribution in [2.75, 3.05) is 10.6 Å². The molecule has 1 saturated carbocycles. The van der Waals surface area contributed by atoms with E-state index in [1.54, 1.807) is 17.7 Å². The van der Waals surface area contributed by atoms with Gasteiger partial charge >= 0.3 is 0 Å². The Hall–Kier alpha value is -2.38. The van der Waals surface area contributed by atoms with Gasteiger partial charge in [0.15, 0.2) is 0 Å². The van der Waals surface area contributed by atoms with Gasteiger partial charge in [-0.05, 0) is 91.0 Å². The fourth-order valence-corrected chi connectivity index (χ4v) is 4.69. The maximum atomic E-state index is 13.3. The molecule has 0 amide bonds. The van der Waals surface area contributed by atoms with Crippen LogP contribution in [0, 0.1) is 0 Å². The normalized spacial score (nSPS) is 22.9. The summed E-state index contributed by atoms with van der Waals surface area (Å²) in [5.41, 5.74) is 0.840. The van der Waals surface area contributed by atoms with E-state index in [-0.39, 0.29) is 23.7 Å². The lowest BCUT2D eigenvalue weighted by Gasteiger charge is -2.34. The lowest BCUT2D eigenvalue weighted by Crippen LogP contribution is -2.36. The molecule has 1 unspecified atom stereocenters. The van der Waals surface area contributed by atoms with E-state index in [0.29, 0.717) is 30.6 Å². The molecule has 7 heteroatoms. The highest BCUT2D eigenvalue weighted by Gasteiger charge is 2.32. The van der Waals surface area contributed by atoms with Crippen molar-refractivity contribution in [3.8, 4) is 0 Å². The van der Waals surface area contributed by atoms with Crippen molar-refractivity contribution in [3.63, 3.8) is 0 Å². The first kappa shape index (κ1) is 25.2. The van der Waals surface area contributed by atoms with Crippen LogP contribution in [-0.2, 0) is 12.0 Å². The molecule has 3 rings (SSSR count). The molecule has 2 heterocycles. The van der Waals surface area contributed by atoms with Gasteiger partial charge in [0.05, 0.1) is 17.0 Å². The molecule has 0 aliphatic heterocycles. The van der Waals surface area contributed by atoms with E-state index in [1.165, 1.54) is 0 Å². The average molecular weight is 457 g/mol. The zero-order valence-corrected chi connectivity index (χ0v) is 20.9. The van der Waals surface area contributed by atoms with Gasteiger partial charge in [0.2, 0.25) is 0 Å². The maximum absolute atomic E-state index is 13.3. The predicted molar refractivity (Wildman–Crippen MR) is 134 cm³/mol. The summed E-state index contributed by atoms with van der Waals surface area (Å²) in [5, 5.41) is 28.5. The second-order valence-corrected chi connectivity index (χ2v) is 10.7. The number of aliphatic hydroxyl groups is 2. The van der Waals surface area contributed by atoms with E-state index in [9.17, 15) is 15.0 Å². The summed E-state index contributed by atoms with van der Waals surface area (Å²) in [6, 6.07) is 5.97. The van der Waals surface area contributed by atoms with Crippen molar-refractivity contribution in [1.82, 2.24) is 9.55 Å². The van der Waals surface area contributed by atoms with Crippen LogP contribution in [-0.4, -0.2) is 37.4 Å². The van der Waals surface area contributed by atoms with Gasteiger partial charge in [-0.2, -0.15) is 0 Å². The van der Waals surface area contributed by atoms with Crippen molar-refractivity contribution in [2.45, 2.75) is 103 Å². The third-order valence-electron chi connectivity index (χ3n) is 6.28. The molecule has 7 nitrogen and oxygen atoms in total. The first-order valence-electron chi connectivity index (χ1n) is 12.1. The minimum absolute atomic E-state index is 0.0309. The molecular formula is C26H40N4O3. The Bertz CT molecular complexity index is 1000. The second-order valence-electron chi connectivity index (χ2n) is 10.7. The predicted octanol–water partition coefficient (Wildman–Crippen LogP) is 4.20. The Morgan fingerprint density at radius 2 is 1.79 bits per heavy atom.